The van der Waals surface area contributed by atoms with Crippen LogP contribution >= 0.6 is 15.9 Å². The van der Waals surface area contributed by atoms with E-state index in [2.05, 4.69) is 51.6 Å². The van der Waals surface area contributed by atoms with Gasteiger partial charge in [0.15, 0.2) is 0 Å². The summed E-state index contributed by atoms with van der Waals surface area (Å²) < 4.78 is 6.34. The second-order valence-electron chi connectivity index (χ2n) is 5.14. The van der Waals surface area contributed by atoms with Gasteiger partial charge in [-0.1, -0.05) is 24.3 Å². The summed E-state index contributed by atoms with van der Waals surface area (Å²) in [5, 5.41) is 3.64. The molecule has 0 spiro atoms. The standard InChI is InChI=1S/C17H18BrNO/c1-20-17-11-13(9-10-15(17)18)19-16-8-4-6-12-5-2-3-7-14(12)16/h2-3,5,7,9-11,16,19H,4,6,8H2,1H3. The summed E-state index contributed by atoms with van der Waals surface area (Å²) in [6, 6.07) is 15.3. The first-order chi connectivity index (χ1) is 9.78. The Morgan fingerprint density at radius 2 is 2.05 bits per heavy atom. The molecule has 2 aromatic carbocycles. The summed E-state index contributed by atoms with van der Waals surface area (Å²) in [5.74, 6) is 0.860. The van der Waals surface area contributed by atoms with Gasteiger partial charge in [0.1, 0.15) is 5.75 Å². The zero-order chi connectivity index (χ0) is 13.9. The van der Waals surface area contributed by atoms with Crippen molar-refractivity contribution in [2.45, 2.75) is 25.3 Å². The number of aryl methyl sites for hydroxylation is 1. The van der Waals surface area contributed by atoms with Gasteiger partial charge in [-0.15, -0.1) is 0 Å². The van der Waals surface area contributed by atoms with E-state index in [1.807, 2.05) is 12.1 Å². The molecule has 1 N–H and O–H groups in total. The lowest BCUT2D eigenvalue weighted by Gasteiger charge is -2.27. The number of ether oxygens (including phenoxy) is 1. The van der Waals surface area contributed by atoms with E-state index in [0.29, 0.717) is 6.04 Å². The van der Waals surface area contributed by atoms with E-state index in [1.54, 1.807) is 7.11 Å². The molecule has 2 nitrogen and oxygen atoms in total. The average molecular weight is 332 g/mol. The molecule has 0 fully saturated rings. The number of hydrogen-bond acceptors (Lipinski definition) is 2. The molecule has 0 radical (unpaired) electrons. The van der Waals surface area contributed by atoms with Gasteiger partial charge in [0.25, 0.3) is 0 Å². The number of methoxy groups -OCH3 is 1. The second-order valence-corrected chi connectivity index (χ2v) is 5.99. The lowest BCUT2D eigenvalue weighted by atomic mass is 9.87. The SMILES string of the molecule is COc1cc(NC2CCCc3ccccc32)ccc1Br. The minimum atomic E-state index is 0.394. The third-order valence-corrected chi connectivity index (χ3v) is 4.52. The molecular formula is C17H18BrNO. The van der Waals surface area contributed by atoms with Crippen molar-refractivity contribution in [1.82, 2.24) is 0 Å². The molecule has 0 aromatic heterocycles. The van der Waals surface area contributed by atoms with Gasteiger partial charge in [-0.05, 0) is 58.5 Å². The summed E-state index contributed by atoms with van der Waals surface area (Å²) in [6.45, 7) is 0. The zero-order valence-electron chi connectivity index (χ0n) is 11.5. The molecular weight excluding hydrogens is 314 g/mol. The summed E-state index contributed by atoms with van der Waals surface area (Å²) in [4.78, 5) is 0. The highest BCUT2D eigenvalue weighted by molar-refractivity contribution is 9.10. The van der Waals surface area contributed by atoms with Crippen molar-refractivity contribution in [2.24, 2.45) is 0 Å². The van der Waals surface area contributed by atoms with Gasteiger partial charge in [-0.3, -0.25) is 0 Å². The van der Waals surface area contributed by atoms with E-state index >= 15 is 0 Å². The first-order valence-electron chi connectivity index (χ1n) is 6.96. The number of anilines is 1. The summed E-state index contributed by atoms with van der Waals surface area (Å²) >= 11 is 3.49. The van der Waals surface area contributed by atoms with Crippen LogP contribution in [0.4, 0.5) is 5.69 Å². The number of rotatable bonds is 3. The summed E-state index contributed by atoms with van der Waals surface area (Å²) in [5.41, 5.74) is 4.01. The maximum atomic E-state index is 5.36. The topological polar surface area (TPSA) is 21.3 Å². The molecule has 2 aromatic rings. The third kappa shape index (κ3) is 2.68. The average Bonchev–Trinajstić information content (AvgIpc) is 2.49. The first-order valence-corrected chi connectivity index (χ1v) is 7.75. The van der Waals surface area contributed by atoms with Crippen LogP contribution in [0.1, 0.15) is 30.0 Å². The fourth-order valence-electron chi connectivity index (χ4n) is 2.85. The van der Waals surface area contributed by atoms with E-state index in [4.69, 9.17) is 4.74 Å². The monoisotopic (exact) mass is 331 g/mol. The number of halogens is 1. The molecule has 3 heteroatoms. The van der Waals surface area contributed by atoms with Crippen LogP contribution in [-0.2, 0) is 6.42 Å². The van der Waals surface area contributed by atoms with Crippen molar-refractivity contribution in [3.05, 3.63) is 58.1 Å². The third-order valence-electron chi connectivity index (χ3n) is 3.86. The van der Waals surface area contributed by atoms with Crippen molar-refractivity contribution < 1.29 is 4.74 Å². The predicted octanol–water partition coefficient (Wildman–Crippen LogP) is 4.95. The minimum absolute atomic E-state index is 0.394. The molecule has 104 valence electrons. The molecule has 1 atom stereocenters. The highest BCUT2D eigenvalue weighted by atomic mass is 79.9. The van der Waals surface area contributed by atoms with Crippen LogP contribution in [0.2, 0.25) is 0 Å². The minimum Gasteiger partial charge on any atom is -0.495 e. The fourth-order valence-corrected chi connectivity index (χ4v) is 3.26. The number of hydrogen-bond donors (Lipinski definition) is 1. The zero-order valence-corrected chi connectivity index (χ0v) is 13.1. The largest absolute Gasteiger partial charge is 0.495 e. The van der Waals surface area contributed by atoms with E-state index < -0.39 is 0 Å². The Labute approximate surface area is 128 Å². The Hall–Kier alpha value is -1.48. The van der Waals surface area contributed by atoms with Crippen molar-refractivity contribution in [3.8, 4) is 5.75 Å². The van der Waals surface area contributed by atoms with Gasteiger partial charge in [0, 0.05) is 11.8 Å². The lowest BCUT2D eigenvalue weighted by Crippen LogP contribution is -2.17. The van der Waals surface area contributed by atoms with E-state index in [9.17, 15) is 0 Å². The van der Waals surface area contributed by atoms with Crippen molar-refractivity contribution in [3.63, 3.8) is 0 Å². The van der Waals surface area contributed by atoms with Crippen LogP contribution in [0.25, 0.3) is 0 Å². The van der Waals surface area contributed by atoms with Crippen LogP contribution < -0.4 is 10.1 Å². The Morgan fingerprint density at radius 1 is 1.20 bits per heavy atom. The molecule has 1 aliphatic rings. The van der Waals surface area contributed by atoms with Crippen molar-refractivity contribution >= 4 is 21.6 Å². The molecule has 0 heterocycles. The Morgan fingerprint density at radius 3 is 2.90 bits per heavy atom. The quantitative estimate of drug-likeness (QED) is 0.859. The smallest absolute Gasteiger partial charge is 0.135 e. The van der Waals surface area contributed by atoms with Crippen LogP contribution in [0.5, 0.6) is 5.75 Å². The maximum absolute atomic E-state index is 5.36. The summed E-state index contributed by atoms with van der Waals surface area (Å²) in [6.07, 6.45) is 3.61. The molecule has 0 amide bonds. The Bertz CT molecular complexity index is 612. The molecule has 0 bridgehead atoms. The van der Waals surface area contributed by atoms with Crippen molar-refractivity contribution in [2.75, 3.05) is 12.4 Å². The summed E-state index contributed by atoms with van der Waals surface area (Å²) in [7, 11) is 1.69. The Kier molecular flexibility index (Phi) is 3.97. The van der Waals surface area contributed by atoms with Gasteiger partial charge in [0.05, 0.1) is 17.6 Å². The fraction of sp³-hybridized carbons (Fsp3) is 0.294. The highest BCUT2D eigenvalue weighted by Crippen LogP contribution is 2.34. The van der Waals surface area contributed by atoms with Crippen LogP contribution in [-0.4, -0.2) is 7.11 Å². The second kappa shape index (κ2) is 5.88. The maximum Gasteiger partial charge on any atom is 0.135 e. The number of benzene rings is 2. The van der Waals surface area contributed by atoms with Gasteiger partial charge in [0.2, 0.25) is 0 Å². The van der Waals surface area contributed by atoms with E-state index in [1.165, 1.54) is 30.4 Å². The molecule has 0 aliphatic heterocycles. The van der Waals surface area contributed by atoms with Crippen LogP contribution in [0.3, 0.4) is 0 Å². The normalized spacial score (nSPS) is 17.4. The lowest BCUT2D eigenvalue weighted by molar-refractivity contribution is 0.412. The molecule has 20 heavy (non-hydrogen) atoms. The van der Waals surface area contributed by atoms with E-state index in [0.717, 1.165) is 15.9 Å². The number of nitrogens with one attached hydrogen (secondary N) is 1. The number of fused-ring (bicyclic) bond motifs is 1. The highest BCUT2D eigenvalue weighted by Gasteiger charge is 2.19. The Balaban J connectivity index is 1.85. The van der Waals surface area contributed by atoms with Gasteiger partial charge < -0.3 is 10.1 Å². The molecule has 1 unspecified atom stereocenters. The van der Waals surface area contributed by atoms with Gasteiger partial charge >= 0.3 is 0 Å². The molecule has 0 saturated carbocycles. The van der Waals surface area contributed by atoms with Gasteiger partial charge in [-0.2, -0.15) is 0 Å². The van der Waals surface area contributed by atoms with Crippen LogP contribution in [0.15, 0.2) is 46.9 Å². The molecule has 0 saturated heterocycles. The van der Waals surface area contributed by atoms with Crippen LogP contribution in [0, 0.1) is 0 Å². The van der Waals surface area contributed by atoms with Gasteiger partial charge in [-0.25, -0.2) is 0 Å². The molecule has 1 aliphatic carbocycles. The predicted molar refractivity (Wildman–Crippen MR) is 86.4 cm³/mol. The first kappa shape index (κ1) is 13.5. The van der Waals surface area contributed by atoms with E-state index in [-0.39, 0.29) is 0 Å². The molecule has 3 rings (SSSR count). The van der Waals surface area contributed by atoms with Crippen molar-refractivity contribution in [1.29, 1.82) is 0 Å².